The molecule has 8 nitrogen and oxygen atoms in total. The van der Waals surface area contributed by atoms with Crippen molar-refractivity contribution in [3.63, 3.8) is 0 Å². The number of nitrogens with zero attached hydrogens (tertiary/aromatic N) is 1. The van der Waals surface area contributed by atoms with Crippen molar-refractivity contribution in [2.45, 2.75) is 26.7 Å². The number of morpholine rings is 1. The monoisotopic (exact) mass is 412 g/mol. The van der Waals surface area contributed by atoms with E-state index in [4.69, 9.17) is 9.47 Å². The van der Waals surface area contributed by atoms with E-state index in [-0.39, 0.29) is 37.4 Å². The zero-order chi connectivity index (χ0) is 20.7. The molecule has 1 aromatic rings. The predicted molar refractivity (Wildman–Crippen MR) is 107 cm³/mol. The zero-order valence-corrected chi connectivity index (χ0v) is 17.8. The molecule has 1 atom stereocenters. The number of ether oxygens (including phenoxy) is 2. The number of thiophene rings is 1. The van der Waals surface area contributed by atoms with Gasteiger partial charge in [0.2, 0.25) is 0 Å². The number of quaternary nitrogens is 1. The van der Waals surface area contributed by atoms with E-state index in [0.29, 0.717) is 36.9 Å². The number of carbonyl (C=O) groups excluding carboxylic acids is 3. The van der Waals surface area contributed by atoms with Gasteiger partial charge in [-0.25, -0.2) is 4.79 Å². The molecular formula is C19H30N3O5S+. The molecule has 2 N–H and O–H groups in total. The summed E-state index contributed by atoms with van der Waals surface area (Å²) < 4.78 is 10.3. The lowest BCUT2D eigenvalue weighted by Crippen LogP contribution is -3.11. The van der Waals surface area contributed by atoms with Gasteiger partial charge in [0, 0.05) is 18.0 Å². The lowest BCUT2D eigenvalue weighted by atomic mass is 10.1. The van der Waals surface area contributed by atoms with E-state index < -0.39 is 5.97 Å². The van der Waals surface area contributed by atoms with Gasteiger partial charge < -0.3 is 24.6 Å². The average molecular weight is 413 g/mol. The minimum Gasteiger partial charge on any atom is -0.462 e. The minimum absolute atomic E-state index is 0.0130. The van der Waals surface area contributed by atoms with Crippen LogP contribution >= 0.6 is 11.3 Å². The Morgan fingerprint density at radius 1 is 1.29 bits per heavy atom. The number of nitrogens with one attached hydrogen (secondary N) is 2. The second-order valence-corrected chi connectivity index (χ2v) is 8.20. The first-order chi connectivity index (χ1) is 13.3. The fourth-order valence-corrected chi connectivity index (χ4v) is 3.90. The van der Waals surface area contributed by atoms with Gasteiger partial charge in [0.1, 0.15) is 5.00 Å². The molecule has 2 rings (SSSR count). The van der Waals surface area contributed by atoms with E-state index in [1.54, 1.807) is 24.9 Å². The highest BCUT2D eigenvalue weighted by Crippen LogP contribution is 2.33. The van der Waals surface area contributed by atoms with Crippen LogP contribution in [0.25, 0.3) is 0 Å². The molecule has 156 valence electrons. The van der Waals surface area contributed by atoms with E-state index in [1.807, 2.05) is 13.8 Å². The maximum absolute atomic E-state index is 12.5. The lowest BCUT2D eigenvalue weighted by molar-refractivity contribution is -0.862. The fourth-order valence-electron chi connectivity index (χ4n) is 2.84. The summed E-state index contributed by atoms with van der Waals surface area (Å²) in [6.45, 7) is 8.74. The Kier molecular flexibility index (Phi) is 8.40. The summed E-state index contributed by atoms with van der Waals surface area (Å²) in [6.07, 6.45) is 0. The van der Waals surface area contributed by atoms with E-state index in [1.165, 1.54) is 11.3 Å². The van der Waals surface area contributed by atoms with Gasteiger partial charge in [0.15, 0.2) is 13.1 Å². The predicted octanol–water partition coefficient (Wildman–Crippen LogP) is 0.360. The van der Waals surface area contributed by atoms with Crippen LogP contribution in [0.1, 0.15) is 41.9 Å². The summed E-state index contributed by atoms with van der Waals surface area (Å²) in [7, 11) is 1.80. The molecule has 0 aliphatic carbocycles. The van der Waals surface area contributed by atoms with Crippen LogP contribution in [0.2, 0.25) is 0 Å². The van der Waals surface area contributed by atoms with E-state index >= 15 is 0 Å². The molecule has 0 saturated carbocycles. The number of amides is 2. The molecule has 1 aromatic heterocycles. The molecular weight excluding hydrogens is 382 g/mol. The van der Waals surface area contributed by atoms with Gasteiger partial charge in [-0.2, -0.15) is 0 Å². The standard InChI is InChI=1S/C19H29N3O5S/c1-5-27-19(25)14-10-15(13(2)3)28-18(14)20-16(23)11-21(4)12-17(24)22-6-8-26-9-7-22/h10,13H,5-9,11-12H2,1-4H3,(H,20,23)/p+1. The molecule has 0 radical (unpaired) electrons. The Bertz CT molecular complexity index is 698. The number of likely N-dealkylation sites (N-methyl/N-ethyl adjacent to an activating group) is 1. The third-order valence-corrected chi connectivity index (χ3v) is 5.70. The summed E-state index contributed by atoms with van der Waals surface area (Å²) in [6, 6.07) is 1.78. The van der Waals surface area contributed by atoms with Crippen LogP contribution in [-0.4, -0.2) is 75.7 Å². The molecule has 9 heteroatoms. The summed E-state index contributed by atoms with van der Waals surface area (Å²) >= 11 is 1.38. The van der Waals surface area contributed by atoms with Crippen LogP contribution in [-0.2, 0) is 19.1 Å². The first-order valence-electron chi connectivity index (χ1n) is 9.59. The van der Waals surface area contributed by atoms with Crippen molar-refractivity contribution in [1.29, 1.82) is 0 Å². The quantitative estimate of drug-likeness (QED) is 0.602. The Hall–Kier alpha value is -1.97. The normalized spacial score (nSPS) is 15.4. The zero-order valence-electron chi connectivity index (χ0n) is 17.0. The summed E-state index contributed by atoms with van der Waals surface area (Å²) in [5.74, 6) is -0.429. The van der Waals surface area contributed by atoms with Crippen LogP contribution < -0.4 is 10.2 Å². The van der Waals surface area contributed by atoms with Crippen LogP contribution in [0, 0.1) is 0 Å². The maximum atomic E-state index is 12.5. The number of hydrogen-bond acceptors (Lipinski definition) is 6. The summed E-state index contributed by atoms with van der Waals surface area (Å²) in [5, 5.41) is 3.32. The van der Waals surface area contributed by atoms with Gasteiger partial charge in [-0.15, -0.1) is 11.3 Å². The molecule has 2 amide bonds. The molecule has 0 spiro atoms. The average Bonchev–Trinajstić information content (AvgIpc) is 3.06. The molecule has 1 unspecified atom stereocenters. The van der Waals surface area contributed by atoms with Gasteiger partial charge in [0.05, 0.1) is 32.4 Å². The Balaban J connectivity index is 1.95. The number of esters is 1. The second kappa shape index (κ2) is 10.5. The first-order valence-corrected chi connectivity index (χ1v) is 10.4. The van der Waals surface area contributed by atoms with Crippen molar-refractivity contribution < 1.29 is 28.8 Å². The first kappa shape index (κ1) is 22.3. The van der Waals surface area contributed by atoms with E-state index in [9.17, 15) is 14.4 Å². The van der Waals surface area contributed by atoms with Crippen LogP contribution in [0.5, 0.6) is 0 Å². The molecule has 2 heterocycles. The number of hydrogen-bond donors (Lipinski definition) is 2. The minimum atomic E-state index is -0.441. The summed E-state index contributed by atoms with van der Waals surface area (Å²) in [4.78, 5) is 40.5. The van der Waals surface area contributed by atoms with Crippen molar-refractivity contribution in [3.05, 3.63) is 16.5 Å². The second-order valence-electron chi connectivity index (χ2n) is 7.12. The molecule has 0 bridgehead atoms. The largest absolute Gasteiger partial charge is 0.462 e. The SMILES string of the molecule is CCOC(=O)c1cc(C(C)C)sc1NC(=O)C[NH+](C)CC(=O)N1CCOCC1. The van der Waals surface area contributed by atoms with Gasteiger partial charge >= 0.3 is 5.97 Å². The van der Waals surface area contributed by atoms with E-state index in [2.05, 4.69) is 5.32 Å². The Morgan fingerprint density at radius 3 is 2.57 bits per heavy atom. The van der Waals surface area contributed by atoms with E-state index in [0.717, 1.165) is 9.78 Å². The molecule has 28 heavy (non-hydrogen) atoms. The molecule has 0 aromatic carbocycles. The van der Waals surface area contributed by atoms with Gasteiger partial charge in [-0.1, -0.05) is 13.8 Å². The number of rotatable bonds is 8. The Labute approximate surface area is 169 Å². The van der Waals surface area contributed by atoms with Crippen molar-refractivity contribution >= 4 is 34.1 Å². The van der Waals surface area contributed by atoms with Crippen molar-refractivity contribution in [2.24, 2.45) is 0 Å². The molecule has 1 aliphatic rings. The summed E-state index contributed by atoms with van der Waals surface area (Å²) in [5.41, 5.74) is 0.381. The van der Waals surface area contributed by atoms with Gasteiger partial charge in [-0.3, -0.25) is 9.59 Å². The van der Waals surface area contributed by atoms with Crippen LogP contribution in [0.15, 0.2) is 6.07 Å². The number of carbonyl (C=O) groups is 3. The third-order valence-electron chi connectivity index (χ3n) is 4.35. The van der Waals surface area contributed by atoms with Gasteiger partial charge in [-0.05, 0) is 18.9 Å². The topological polar surface area (TPSA) is 89.4 Å². The van der Waals surface area contributed by atoms with Crippen LogP contribution in [0.3, 0.4) is 0 Å². The number of anilines is 1. The van der Waals surface area contributed by atoms with Crippen molar-refractivity contribution in [2.75, 3.05) is 58.4 Å². The lowest BCUT2D eigenvalue weighted by Gasteiger charge is -2.27. The fraction of sp³-hybridized carbons (Fsp3) is 0.632. The van der Waals surface area contributed by atoms with Crippen LogP contribution in [0.4, 0.5) is 5.00 Å². The molecule has 1 fully saturated rings. The highest BCUT2D eigenvalue weighted by molar-refractivity contribution is 7.16. The molecule has 1 saturated heterocycles. The molecule has 1 aliphatic heterocycles. The van der Waals surface area contributed by atoms with Crippen molar-refractivity contribution in [3.8, 4) is 0 Å². The Morgan fingerprint density at radius 2 is 1.96 bits per heavy atom. The third kappa shape index (κ3) is 6.29. The van der Waals surface area contributed by atoms with Gasteiger partial charge in [0.25, 0.3) is 11.8 Å². The van der Waals surface area contributed by atoms with Crippen molar-refractivity contribution in [1.82, 2.24) is 4.90 Å². The maximum Gasteiger partial charge on any atom is 0.341 e. The highest BCUT2D eigenvalue weighted by Gasteiger charge is 2.24. The smallest absolute Gasteiger partial charge is 0.341 e. The highest BCUT2D eigenvalue weighted by atomic mass is 32.1.